The zero-order valence-corrected chi connectivity index (χ0v) is 15.5. The maximum absolute atomic E-state index is 12.9. The van der Waals surface area contributed by atoms with E-state index >= 15 is 0 Å². The average molecular weight is 360 g/mol. The Hall–Kier alpha value is -3.14. The minimum atomic E-state index is -0.258. The molecule has 1 N–H and O–H groups in total. The fourth-order valence-electron chi connectivity index (χ4n) is 3.06. The SMILES string of the molecule is COc1cccc(CCNC(=O)C(Cc2ccccn2)c2ccccc2)c1. The number of methoxy groups -OCH3 is 1. The van der Waals surface area contributed by atoms with Gasteiger partial charge in [-0.2, -0.15) is 0 Å². The second kappa shape index (κ2) is 9.53. The number of ether oxygens (including phenoxy) is 1. The summed E-state index contributed by atoms with van der Waals surface area (Å²) in [4.78, 5) is 17.3. The average Bonchev–Trinajstić information content (AvgIpc) is 2.73. The van der Waals surface area contributed by atoms with Gasteiger partial charge in [0.15, 0.2) is 0 Å². The third-order valence-corrected chi connectivity index (χ3v) is 4.50. The first-order valence-corrected chi connectivity index (χ1v) is 9.12. The lowest BCUT2D eigenvalue weighted by molar-refractivity contribution is -0.122. The van der Waals surface area contributed by atoms with Gasteiger partial charge in [-0.05, 0) is 41.8 Å². The van der Waals surface area contributed by atoms with Gasteiger partial charge in [0.05, 0.1) is 13.0 Å². The number of nitrogens with one attached hydrogen (secondary N) is 1. The van der Waals surface area contributed by atoms with Crippen molar-refractivity contribution < 1.29 is 9.53 Å². The van der Waals surface area contributed by atoms with Gasteiger partial charge in [-0.15, -0.1) is 0 Å². The maximum Gasteiger partial charge on any atom is 0.227 e. The Morgan fingerprint density at radius 2 is 1.85 bits per heavy atom. The van der Waals surface area contributed by atoms with Crippen molar-refractivity contribution in [1.82, 2.24) is 10.3 Å². The topological polar surface area (TPSA) is 51.2 Å². The number of benzene rings is 2. The minimum absolute atomic E-state index is 0.0229. The number of rotatable bonds is 8. The summed E-state index contributed by atoms with van der Waals surface area (Å²) in [6.45, 7) is 0.581. The molecule has 0 radical (unpaired) electrons. The van der Waals surface area contributed by atoms with Gasteiger partial charge in [-0.25, -0.2) is 0 Å². The lowest BCUT2D eigenvalue weighted by Crippen LogP contribution is -2.32. The van der Waals surface area contributed by atoms with Crippen LogP contribution < -0.4 is 10.1 Å². The van der Waals surface area contributed by atoms with E-state index in [-0.39, 0.29) is 11.8 Å². The van der Waals surface area contributed by atoms with E-state index in [1.54, 1.807) is 13.3 Å². The van der Waals surface area contributed by atoms with Crippen LogP contribution in [-0.2, 0) is 17.6 Å². The van der Waals surface area contributed by atoms with E-state index in [4.69, 9.17) is 4.74 Å². The number of hydrogen-bond donors (Lipinski definition) is 1. The second-order valence-electron chi connectivity index (χ2n) is 6.38. The molecular weight excluding hydrogens is 336 g/mol. The smallest absolute Gasteiger partial charge is 0.227 e. The van der Waals surface area contributed by atoms with Gasteiger partial charge in [0, 0.05) is 24.9 Å². The molecule has 3 rings (SSSR count). The van der Waals surface area contributed by atoms with Gasteiger partial charge in [0.2, 0.25) is 5.91 Å². The molecule has 0 bridgehead atoms. The van der Waals surface area contributed by atoms with E-state index in [0.717, 1.165) is 29.0 Å². The highest BCUT2D eigenvalue weighted by molar-refractivity contribution is 5.83. The summed E-state index contributed by atoms with van der Waals surface area (Å²) in [5.41, 5.74) is 3.05. The Bertz CT molecular complexity index is 851. The number of hydrogen-bond acceptors (Lipinski definition) is 3. The molecule has 0 aliphatic rings. The van der Waals surface area contributed by atoms with Crippen LogP contribution in [0.1, 0.15) is 22.7 Å². The lowest BCUT2D eigenvalue weighted by atomic mass is 9.93. The highest BCUT2D eigenvalue weighted by atomic mass is 16.5. The van der Waals surface area contributed by atoms with Gasteiger partial charge >= 0.3 is 0 Å². The first-order valence-electron chi connectivity index (χ1n) is 9.12. The highest BCUT2D eigenvalue weighted by Gasteiger charge is 2.21. The van der Waals surface area contributed by atoms with Crippen LogP contribution in [0.2, 0.25) is 0 Å². The van der Waals surface area contributed by atoms with Gasteiger partial charge in [0.1, 0.15) is 5.75 Å². The molecule has 0 aliphatic heterocycles. The van der Waals surface area contributed by atoms with Crippen LogP contribution in [0.25, 0.3) is 0 Å². The van der Waals surface area contributed by atoms with Crippen molar-refractivity contribution in [2.75, 3.05) is 13.7 Å². The Labute approximate surface area is 160 Å². The minimum Gasteiger partial charge on any atom is -0.497 e. The van der Waals surface area contributed by atoms with Crippen LogP contribution in [0.3, 0.4) is 0 Å². The van der Waals surface area contributed by atoms with Crippen molar-refractivity contribution in [2.24, 2.45) is 0 Å². The van der Waals surface area contributed by atoms with E-state index in [9.17, 15) is 4.79 Å². The zero-order chi connectivity index (χ0) is 18.9. The van der Waals surface area contributed by atoms with Crippen LogP contribution in [0, 0.1) is 0 Å². The van der Waals surface area contributed by atoms with E-state index < -0.39 is 0 Å². The molecule has 0 fully saturated rings. The third-order valence-electron chi connectivity index (χ3n) is 4.50. The fraction of sp³-hybridized carbons (Fsp3) is 0.217. The van der Waals surface area contributed by atoms with E-state index in [2.05, 4.69) is 10.3 Å². The molecule has 0 spiro atoms. The second-order valence-corrected chi connectivity index (χ2v) is 6.38. The Kier molecular flexibility index (Phi) is 6.58. The van der Waals surface area contributed by atoms with Crippen LogP contribution in [-0.4, -0.2) is 24.5 Å². The Balaban J connectivity index is 1.65. The molecule has 138 valence electrons. The predicted molar refractivity (Wildman–Crippen MR) is 107 cm³/mol. The predicted octanol–water partition coefficient (Wildman–Crippen LogP) is 3.78. The van der Waals surface area contributed by atoms with Crippen molar-refractivity contribution >= 4 is 5.91 Å². The molecule has 1 aromatic heterocycles. The summed E-state index contributed by atoms with van der Waals surface area (Å²) >= 11 is 0. The van der Waals surface area contributed by atoms with Crippen LogP contribution in [0.4, 0.5) is 0 Å². The van der Waals surface area contributed by atoms with Crippen LogP contribution in [0.5, 0.6) is 5.75 Å². The summed E-state index contributed by atoms with van der Waals surface area (Å²) in [6, 6.07) is 23.6. The molecule has 4 nitrogen and oxygen atoms in total. The Morgan fingerprint density at radius 3 is 2.59 bits per heavy atom. The van der Waals surface area contributed by atoms with Crippen molar-refractivity contribution in [1.29, 1.82) is 0 Å². The van der Waals surface area contributed by atoms with Gasteiger partial charge in [-0.1, -0.05) is 48.5 Å². The van der Waals surface area contributed by atoms with E-state index in [1.165, 1.54) is 0 Å². The molecule has 27 heavy (non-hydrogen) atoms. The maximum atomic E-state index is 12.9. The fourth-order valence-corrected chi connectivity index (χ4v) is 3.06. The van der Waals surface area contributed by atoms with Crippen molar-refractivity contribution in [2.45, 2.75) is 18.8 Å². The van der Waals surface area contributed by atoms with Crippen molar-refractivity contribution in [3.8, 4) is 5.75 Å². The molecule has 0 aliphatic carbocycles. The highest BCUT2D eigenvalue weighted by Crippen LogP contribution is 2.20. The first kappa shape index (κ1) is 18.6. The van der Waals surface area contributed by atoms with E-state index in [0.29, 0.717) is 13.0 Å². The van der Waals surface area contributed by atoms with Gasteiger partial charge in [-0.3, -0.25) is 9.78 Å². The Morgan fingerprint density at radius 1 is 1.04 bits per heavy atom. The normalized spacial score (nSPS) is 11.6. The molecule has 0 saturated heterocycles. The van der Waals surface area contributed by atoms with Crippen LogP contribution in [0.15, 0.2) is 79.0 Å². The quantitative estimate of drug-likeness (QED) is 0.665. The van der Waals surface area contributed by atoms with Gasteiger partial charge < -0.3 is 10.1 Å². The van der Waals surface area contributed by atoms with E-state index in [1.807, 2.05) is 72.8 Å². The summed E-state index contributed by atoms with van der Waals surface area (Å²) in [7, 11) is 1.66. The number of pyridine rings is 1. The first-order chi connectivity index (χ1) is 13.3. The molecule has 0 saturated carbocycles. The number of aromatic nitrogens is 1. The molecule has 1 unspecified atom stereocenters. The summed E-state index contributed by atoms with van der Waals surface area (Å²) < 4.78 is 5.25. The largest absolute Gasteiger partial charge is 0.497 e. The molecule has 1 atom stereocenters. The summed E-state index contributed by atoms with van der Waals surface area (Å²) in [5.74, 6) is 0.595. The molecule has 1 amide bonds. The summed E-state index contributed by atoms with van der Waals surface area (Å²) in [5, 5.41) is 3.08. The van der Waals surface area contributed by atoms with Gasteiger partial charge in [0.25, 0.3) is 0 Å². The number of amides is 1. The standard InChI is InChI=1S/C23H24N2O2/c1-27-21-12-7-8-18(16-21)13-15-25-23(26)22(19-9-3-2-4-10-19)17-20-11-5-6-14-24-20/h2-12,14,16,22H,13,15,17H2,1H3,(H,25,26). The molecule has 1 heterocycles. The molecular formula is C23H24N2O2. The van der Waals surface area contributed by atoms with Crippen molar-refractivity contribution in [3.05, 3.63) is 95.8 Å². The molecule has 4 heteroatoms. The summed E-state index contributed by atoms with van der Waals surface area (Å²) in [6.07, 6.45) is 3.10. The molecule has 2 aromatic carbocycles. The zero-order valence-electron chi connectivity index (χ0n) is 15.5. The molecule has 3 aromatic rings. The number of carbonyl (C=O) groups excluding carboxylic acids is 1. The lowest BCUT2D eigenvalue weighted by Gasteiger charge is -2.17. The van der Waals surface area contributed by atoms with Crippen molar-refractivity contribution in [3.63, 3.8) is 0 Å². The third kappa shape index (κ3) is 5.42. The van der Waals surface area contributed by atoms with Crippen LogP contribution >= 0.6 is 0 Å². The number of nitrogens with zero attached hydrogens (tertiary/aromatic N) is 1. The number of carbonyl (C=O) groups is 1. The monoisotopic (exact) mass is 360 g/mol.